The van der Waals surface area contributed by atoms with E-state index in [0.717, 1.165) is 26.4 Å². The van der Waals surface area contributed by atoms with Crippen LogP contribution in [0.1, 0.15) is 52.2 Å². The molecule has 0 aromatic carbocycles. The van der Waals surface area contributed by atoms with Crippen LogP contribution in [-0.4, -0.2) is 60.3 Å². The molecule has 0 spiro atoms. The van der Waals surface area contributed by atoms with E-state index >= 15 is 0 Å². The van der Waals surface area contributed by atoms with Crippen LogP contribution in [0.4, 0.5) is 0 Å². The molecule has 0 atom stereocenters. The number of carbonyl (C=O) groups is 5. The van der Waals surface area contributed by atoms with Crippen LogP contribution in [0.3, 0.4) is 0 Å². The number of nitrogens with one attached hydrogen (secondary N) is 1. The van der Waals surface area contributed by atoms with Crippen LogP contribution in [0.5, 0.6) is 0 Å². The van der Waals surface area contributed by atoms with E-state index in [1.54, 1.807) is 0 Å². The highest BCUT2D eigenvalue weighted by atomic mass is 16.5. The maximum Gasteiger partial charge on any atom is 0.356 e. The number of ether oxygens (including phenoxy) is 3. The number of methoxy groups -OCH3 is 2. The van der Waals surface area contributed by atoms with Crippen molar-refractivity contribution in [3.63, 3.8) is 0 Å². The molecule has 0 saturated heterocycles. The van der Waals surface area contributed by atoms with Crippen LogP contribution in [0, 0.1) is 0 Å². The Morgan fingerprint density at radius 2 is 1.76 bits per heavy atom. The minimum absolute atomic E-state index is 0.0134. The van der Waals surface area contributed by atoms with Gasteiger partial charge in [0.2, 0.25) is 5.78 Å². The maximum absolute atomic E-state index is 12.6. The Morgan fingerprint density at radius 3 is 2.38 bits per heavy atom. The van der Waals surface area contributed by atoms with E-state index in [9.17, 15) is 24.0 Å². The molecule has 2 aromatic rings. The third-order valence-electron chi connectivity index (χ3n) is 4.11. The van der Waals surface area contributed by atoms with Crippen LogP contribution in [-0.2, 0) is 14.2 Å². The summed E-state index contributed by atoms with van der Waals surface area (Å²) in [4.78, 5) is 68.0. The van der Waals surface area contributed by atoms with Crippen LogP contribution >= 0.6 is 0 Å². The van der Waals surface area contributed by atoms with Crippen molar-refractivity contribution in [2.45, 2.75) is 0 Å². The molecule has 1 aliphatic rings. The van der Waals surface area contributed by atoms with E-state index < -0.39 is 35.2 Å². The summed E-state index contributed by atoms with van der Waals surface area (Å²) in [5, 5.41) is 0. The third-order valence-corrected chi connectivity index (χ3v) is 4.11. The monoisotopic (exact) mass is 398 g/mol. The van der Waals surface area contributed by atoms with E-state index in [-0.39, 0.29) is 40.4 Å². The normalized spacial score (nSPS) is 11.9. The molecule has 0 radical (unpaired) electrons. The molecule has 2 heterocycles. The van der Waals surface area contributed by atoms with Crippen molar-refractivity contribution < 1.29 is 38.2 Å². The molecule has 0 unspecified atom stereocenters. The van der Waals surface area contributed by atoms with Crippen LogP contribution in [0.2, 0.25) is 0 Å². The van der Waals surface area contributed by atoms with Gasteiger partial charge >= 0.3 is 17.9 Å². The molecule has 10 heteroatoms. The van der Waals surface area contributed by atoms with Crippen molar-refractivity contribution in [1.29, 1.82) is 0 Å². The lowest BCUT2D eigenvalue weighted by Gasteiger charge is -2.17. The molecular formula is C19H14N2O8. The minimum atomic E-state index is -1.05. The first-order valence-electron chi connectivity index (χ1n) is 8.16. The maximum atomic E-state index is 12.6. The predicted molar refractivity (Wildman–Crippen MR) is 95.8 cm³/mol. The number of carbonyl (C=O) groups excluding carboxylic acids is 5. The number of H-pyrrole nitrogens is 1. The molecular weight excluding hydrogens is 384 g/mol. The largest absolute Gasteiger partial charge is 0.465 e. The van der Waals surface area contributed by atoms with Gasteiger partial charge in [0, 0.05) is 5.56 Å². The number of pyridine rings is 1. The highest BCUT2D eigenvalue weighted by molar-refractivity contribution is 6.52. The SMILES string of the molecule is C=CCOC(=O)c1cc2c([nH]1)-c1c(C(=O)OC)cc(C(=O)OC)nc1C(=O)C2=O. The second-order valence-electron chi connectivity index (χ2n) is 5.78. The van der Waals surface area contributed by atoms with Crippen molar-refractivity contribution >= 4 is 29.5 Å². The zero-order chi connectivity index (χ0) is 21.3. The number of Topliss-reactive ketones (excluding diaryl/α,β-unsaturated/α-hetero) is 2. The molecule has 2 aromatic heterocycles. The molecule has 0 aliphatic heterocycles. The van der Waals surface area contributed by atoms with Crippen LogP contribution in [0.25, 0.3) is 11.3 Å². The van der Waals surface area contributed by atoms with E-state index in [2.05, 4.69) is 21.3 Å². The Kier molecular flexibility index (Phi) is 5.09. The van der Waals surface area contributed by atoms with Gasteiger partial charge in [-0.15, -0.1) is 0 Å². The molecule has 0 saturated carbocycles. The molecule has 1 N–H and O–H groups in total. The van der Waals surface area contributed by atoms with Gasteiger partial charge in [-0.3, -0.25) is 9.59 Å². The third kappa shape index (κ3) is 3.20. The van der Waals surface area contributed by atoms with Gasteiger partial charge in [0.15, 0.2) is 0 Å². The number of esters is 3. The number of aromatic nitrogens is 2. The van der Waals surface area contributed by atoms with Crippen molar-refractivity contribution in [3.8, 4) is 11.3 Å². The Balaban J connectivity index is 2.28. The van der Waals surface area contributed by atoms with Crippen molar-refractivity contribution in [2.24, 2.45) is 0 Å². The van der Waals surface area contributed by atoms with Crippen LogP contribution < -0.4 is 0 Å². The lowest BCUT2D eigenvalue weighted by Crippen LogP contribution is -2.25. The van der Waals surface area contributed by atoms with Gasteiger partial charge in [-0.25, -0.2) is 19.4 Å². The molecule has 148 valence electrons. The van der Waals surface area contributed by atoms with Crippen LogP contribution in [0.15, 0.2) is 24.8 Å². The first-order chi connectivity index (χ1) is 13.8. The number of ketones is 2. The first-order valence-corrected chi connectivity index (χ1v) is 8.16. The Hall–Kier alpha value is -4.08. The smallest absolute Gasteiger partial charge is 0.356 e. The molecule has 29 heavy (non-hydrogen) atoms. The summed E-state index contributed by atoms with van der Waals surface area (Å²) in [7, 11) is 2.20. The van der Waals surface area contributed by atoms with E-state index in [4.69, 9.17) is 9.47 Å². The summed E-state index contributed by atoms with van der Waals surface area (Å²) < 4.78 is 14.2. The van der Waals surface area contributed by atoms with Gasteiger partial charge in [-0.2, -0.15) is 0 Å². The number of hydrogen-bond donors (Lipinski definition) is 1. The van der Waals surface area contributed by atoms with E-state index in [1.807, 2.05) is 0 Å². The number of aromatic amines is 1. The quantitative estimate of drug-likeness (QED) is 0.342. The van der Waals surface area contributed by atoms with Gasteiger partial charge in [0.1, 0.15) is 23.7 Å². The van der Waals surface area contributed by atoms with E-state index in [1.165, 1.54) is 6.08 Å². The molecule has 0 amide bonds. The van der Waals surface area contributed by atoms with Gasteiger partial charge in [0.05, 0.1) is 31.0 Å². The zero-order valence-corrected chi connectivity index (χ0v) is 15.4. The fraction of sp³-hybridized carbons (Fsp3) is 0.158. The van der Waals surface area contributed by atoms with Crippen molar-refractivity contribution in [1.82, 2.24) is 9.97 Å². The second kappa shape index (κ2) is 7.50. The van der Waals surface area contributed by atoms with Gasteiger partial charge in [-0.05, 0) is 12.1 Å². The number of fused-ring (bicyclic) bond motifs is 3. The molecule has 1 aliphatic carbocycles. The Labute approximate surface area is 163 Å². The number of nitrogens with zero attached hydrogens (tertiary/aromatic N) is 1. The summed E-state index contributed by atoms with van der Waals surface area (Å²) in [6, 6.07) is 2.24. The van der Waals surface area contributed by atoms with Crippen molar-refractivity contribution in [3.05, 3.63) is 53.0 Å². The summed E-state index contributed by atoms with van der Waals surface area (Å²) in [5.41, 5.74) is -1.28. The average molecular weight is 398 g/mol. The zero-order valence-electron chi connectivity index (χ0n) is 15.4. The van der Waals surface area contributed by atoms with Gasteiger partial charge in [-0.1, -0.05) is 12.7 Å². The fourth-order valence-electron chi connectivity index (χ4n) is 2.83. The minimum Gasteiger partial charge on any atom is -0.465 e. The molecule has 3 rings (SSSR count). The predicted octanol–water partition coefficient (Wildman–Crippen LogP) is 1.37. The summed E-state index contributed by atoms with van der Waals surface area (Å²) >= 11 is 0. The van der Waals surface area contributed by atoms with Gasteiger partial charge in [0.25, 0.3) is 5.78 Å². The second-order valence-corrected chi connectivity index (χ2v) is 5.78. The van der Waals surface area contributed by atoms with E-state index in [0.29, 0.717) is 0 Å². The molecule has 0 bridgehead atoms. The van der Waals surface area contributed by atoms with Crippen molar-refractivity contribution in [2.75, 3.05) is 20.8 Å². The van der Waals surface area contributed by atoms with Gasteiger partial charge < -0.3 is 19.2 Å². The Bertz CT molecular complexity index is 1100. The average Bonchev–Trinajstić information content (AvgIpc) is 3.19. The topological polar surface area (TPSA) is 142 Å². The number of rotatable bonds is 5. The highest BCUT2D eigenvalue weighted by Crippen LogP contribution is 2.36. The summed E-state index contributed by atoms with van der Waals surface area (Å²) in [5.74, 6) is -4.60. The Morgan fingerprint density at radius 1 is 1.07 bits per heavy atom. The lowest BCUT2D eigenvalue weighted by atomic mass is 9.88. The highest BCUT2D eigenvalue weighted by Gasteiger charge is 2.38. The lowest BCUT2D eigenvalue weighted by molar-refractivity contribution is 0.0541. The standard InChI is InChI=1S/C19H14N2O8/c1-4-5-29-19(26)11-7-9-13(20-11)12-8(17(24)27-2)6-10(18(25)28-3)21-14(12)16(23)15(9)22/h4,6-7,20H,1,5H2,2-3H3. The molecule has 10 nitrogen and oxygen atoms in total. The summed E-state index contributed by atoms with van der Waals surface area (Å²) in [6.07, 6.45) is 1.36. The first kappa shape index (κ1) is 19.7. The number of hydrogen-bond acceptors (Lipinski definition) is 9. The fourth-order valence-corrected chi connectivity index (χ4v) is 2.83. The summed E-state index contributed by atoms with van der Waals surface area (Å²) in [6.45, 7) is 3.36. The molecule has 0 fully saturated rings.